The number of methoxy groups -OCH3 is 1. The number of amides is 2. The van der Waals surface area contributed by atoms with E-state index in [4.69, 9.17) is 32.7 Å². The van der Waals surface area contributed by atoms with Crippen LogP contribution in [-0.2, 0) is 11.3 Å². The summed E-state index contributed by atoms with van der Waals surface area (Å²) in [5, 5.41) is 2.23. The van der Waals surface area contributed by atoms with Crippen molar-refractivity contribution in [1.82, 2.24) is 4.90 Å². The van der Waals surface area contributed by atoms with Crippen LogP contribution in [0.5, 0.6) is 11.5 Å². The first-order chi connectivity index (χ1) is 15.9. The van der Waals surface area contributed by atoms with Gasteiger partial charge in [0.25, 0.3) is 11.1 Å². The molecule has 1 saturated heterocycles. The quantitative estimate of drug-likeness (QED) is 0.209. The minimum absolute atomic E-state index is 0.0406. The van der Waals surface area contributed by atoms with Crippen molar-refractivity contribution in [2.45, 2.75) is 6.54 Å². The van der Waals surface area contributed by atoms with Gasteiger partial charge in [-0.25, -0.2) is 4.79 Å². The fourth-order valence-corrected chi connectivity index (χ4v) is 4.92. The van der Waals surface area contributed by atoms with E-state index in [9.17, 15) is 14.4 Å². The van der Waals surface area contributed by atoms with Gasteiger partial charge in [0.1, 0.15) is 4.88 Å². The second-order valence-electron chi connectivity index (χ2n) is 6.78. The molecule has 168 valence electrons. The highest BCUT2D eigenvalue weighted by Crippen LogP contribution is 2.36. The number of rotatable bonds is 6. The predicted octanol–water partition coefficient (Wildman–Crippen LogP) is 6.52. The molecule has 0 bridgehead atoms. The van der Waals surface area contributed by atoms with E-state index in [-0.39, 0.29) is 17.2 Å². The Kier molecular flexibility index (Phi) is 7.09. The number of benzene rings is 2. The van der Waals surface area contributed by atoms with E-state index in [0.717, 1.165) is 16.7 Å². The van der Waals surface area contributed by atoms with Crippen molar-refractivity contribution >= 4 is 69.5 Å². The highest BCUT2D eigenvalue weighted by Gasteiger charge is 2.35. The van der Waals surface area contributed by atoms with E-state index in [1.165, 1.54) is 18.4 Å². The van der Waals surface area contributed by atoms with Crippen molar-refractivity contribution in [3.05, 3.63) is 84.9 Å². The van der Waals surface area contributed by atoms with Crippen LogP contribution in [0.1, 0.15) is 20.8 Å². The molecule has 0 N–H and O–H groups in total. The summed E-state index contributed by atoms with van der Waals surface area (Å²) in [5.74, 6) is -0.347. The second kappa shape index (κ2) is 10.0. The maximum atomic E-state index is 12.8. The lowest BCUT2D eigenvalue weighted by atomic mass is 10.1. The Morgan fingerprint density at radius 1 is 1.09 bits per heavy atom. The molecule has 2 heterocycles. The number of imide groups is 1. The molecule has 6 nitrogen and oxygen atoms in total. The average Bonchev–Trinajstić information content (AvgIpc) is 3.41. The molecule has 1 aromatic heterocycles. The molecular weight excluding hydrogens is 505 g/mol. The third-order valence-corrected chi connectivity index (χ3v) is 6.97. The largest absolute Gasteiger partial charge is 0.493 e. The summed E-state index contributed by atoms with van der Waals surface area (Å²) in [6.07, 6.45) is 1.59. The van der Waals surface area contributed by atoms with Crippen LogP contribution in [0, 0.1) is 0 Å². The van der Waals surface area contributed by atoms with Gasteiger partial charge in [-0.2, -0.15) is 0 Å². The number of carbonyl (C=O) groups is 3. The van der Waals surface area contributed by atoms with Gasteiger partial charge in [0.15, 0.2) is 11.5 Å². The van der Waals surface area contributed by atoms with Gasteiger partial charge in [-0.3, -0.25) is 14.5 Å². The van der Waals surface area contributed by atoms with Gasteiger partial charge < -0.3 is 9.47 Å². The molecule has 1 aliphatic rings. The van der Waals surface area contributed by atoms with E-state index in [1.54, 1.807) is 60.0 Å². The number of hydrogen-bond acceptors (Lipinski definition) is 7. The number of nitrogens with zero attached hydrogens (tertiary/aromatic N) is 1. The van der Waals surface area contributed by atoms with E-state index in [1.807, 2.05) is 0 Å². The minimum Gasteiger partial charge on any atom is -0.493 e. The van der Waals surface area contributed by atoms with Crippen molar-refractivity contribution in [1.29, 1.82) is 0 Å². The minimum atomic E-state index is -0.488. The van der Waals surface area contributed by atoms with Crippen LogP contribution in [-0.4, -0.2) is 29.1 Å². The lowest BCUT2D eigenvalue weighted by Gasteiger charge is -2.13. The summed E-state index contributed by atoms with van der Waals surface area (Å²) in [7, 11) is 1.45. The molecule has 0 spiro atoms. The Labute approximate surface area is 207 Å². The van der Waals surface area contributed by atoms with E-state index in [2.05, 4.69) is 0 Å². The van der Waals surface area contributed by atoms with Crippen molar-refractivity contribution in [2.75, 3.05) is 7.11 Å². The Bertz CT molecular complexity index is 1270. The fraction of sp³-hybridized carbons (Fsp3) is 0.0870. The average molecular weight is 520 g/mol. The molecule has 0 radical (unpaired) electrons. The van der Waals surface area contributed by atoms with Crippen LogP contribution >= 0.6 is 46.3 Å². The van der Waals surface area contributed by atoms with Gasteiger partial charge in [0.05, 0.1) is 18.6 Å². The third kappa shape index (κ3) is 5.25. The first kappa shape index (κ1) is 23.4. The summed E-state index contributed by atoms with van der Waals surface area (Å²) in [6, 6.07) is 13.2. The van der Waals surface area contributed by atoms with Crippen molar-refractivity contribution in [3.8, 4) is 11.5 Å². The predicted molar refractivity (Wildman–Crippen MR) is 130 cm³/mol. The van der Waals surface area contributed by atoms with E-state index < -0.39 is 17.1 Å². The summed E-state index contributed by atoms with van der Waals surface area (Å²) in [6.45, 7) is 0.0406. The zero-order chi connectivity index (χ0) is 23.5. The zero-order valence-electron chi connectivity index (χ0n) is 17.0. The van der Waals surface area contributed by atoms with E-state index in [0.29, 0.717) is 31.8 Å². The highest BCUT2D eigenvalue weighted by atomic mass is 35.5. The number of thiophene rings is 1. The van der Waals surface area contributed by atoms with Gasteiger partial charge in [0.2, 0.25) is 0 Å². The summed E-state index contributed by atoms with van der Waals surface area (Å²) in [5.41, 5.74) is 1.22. The molecule has 1 fully saturated rings. The molecule has 0 aliphatic carbocycles. The molecule has 2 aromatic carbocycles. The topological polar surface area (TPSA) is 72.9 Å². The molecular formula is C23H15Cl2NO5S2. The molecule has 0 saturated carbocycles. The lowest BCUT2D eigenvalue weighted by molar-refractivity contribution is -0.123. The van der Waals surface area contributed by atoms with E-state index >= 15 is 0 Å². The molecule has 10 heteroatoms. The Morgan fingerprint density at radius 3 is 2.61 bits per heavy atom. The zero-order valence-corrected chi connectivity index (χ0v) is 20.2. The Hall–Kier alpha value is -2.78. The summed E-state index contributed by atoms with van der Waals surface area (Å²) < 4.78 is 10.8. The molecule has 1 aliphatic heterocycles. The van der Waals surface area contributed by atoms with Gasteiger partial charge in [0, 0.05) is 10.0 Å². The van der Waals surface area contributed by atoms with Crippen molar-refractivity contribution < 1.29 is 23.9 Å². The first-order valence-electron chi connectivity index (χ1n) is 9.48. The fourth-order valence-electron chi connectivity index (χ4n) is 3.01. The number of carbonyl (C=O) groups excluding carboxylic acids is 3. The number of halogens is 2. The Morgan fingerprint density at radius 2 is 1.91 bits per heavy atom. The molecule has 33 heavy (non-hydrogen) atoms. The van der Waals surface area contributed by atoms with Crippen LogP contribution in [0.3, 0.4) is 0 Å². The SMILES string of the molecule is COc1cc(/C=C2\SC(=O)N(Cc3ccc(Cl)cc3Cl)C2=O)ccc1OC(=O)c1cccs1. The van der Waals surface area contributed by atoms with Crippen LogP contribution in [0.15, 0.2) is 58.8 Å². The van der Waals surface area contributed by atoms with Crippen LogP contribution in [0.4, 0.5) is 4.79 Å². The normalized spacial score (nSPS) is 14.8. The molecule has 2 amide bonds. The number of hydrogen-bond donors (Lipinski definition) is 0. The molecule has 0 unspecified atom stereocenters. The van der Waals surface area contributed by atoms with Gasteiger partial charge in [-0.15, -0.1) is 11.3 Å². The van der Waals surface area contributed by atoms with Gasteiger partial charge in [-0.1, -0.05) is 41.4 Å². The number of thioether (sulfide) groups is 1. The molecule has 0 atom stereocenters. The summed E-state index contributed by atoms with van der Waals surface area (Å²) in [4.78, 5) is 39.4. The smallest absolute Gasteiger partial charge is 0.353 e. The van der Waals surface area contributed by atoms with Crippen molar-refractivity contribution in [3.63, 3.8) is 0 Å². The first-order valence-corrected chi connectivity index (χ1v) is 11.9. The Balaban J connectivity index is 1.53. The molecule has 4 rings (SSSR count). The second-order valence-corrected chi connectivity index (χ2v) is 9.57. The van der Waals surface area contributed by atoms with Crippen LogP contribution in [0.2, 0.25) is 10.0 Å². The monoisotopic (exact) mass is 519 g/mol. The van der Waals surface area contributed by atoms with Crippen LogP contribution in [0.25, 0.3) is 6.08 Å². The van der Waals surface area contributed by atoms with Crippen molar-refractivity contribution in [2.24, 2.45) is 0 Å². The van der Waals surface area contributed by atoms with Gasteiger partial charge >= 0.3 is 5.97 Å². The van der Waals surface area contributed by atoms with Gasteiger partial charge in [-0.05, 0) is 64.7 Å². The van der Waals surface area contributed by atoms with Crippen LogP contribution < -0.4 is 9.47 Å². The third-order valence-electron chi connectivity index (χ3n) is 4.63. The number of ether oxygens (including phenoxy) is 2. The molecule has 3 aromatic rings. The number of esters is 1. The standard InChI is InChI=1S/C23H15Cl2NO5S2/c1-30-18-9-13(4-7-17(18)31-22(28)19-3-2-8-32-19)10-20-21(27)26(23(29)33-20)12-14-5-6-15(24)11-16(14)25/h2-11H,12H2,1H3/b20-10-. The maximum absolute atomic E-state index is 12.8. The lowest BCUT2D eigenvalue weighted by Crippen LogP contribution is -2.27. The highest BCUT2D eigenvalue weighted by molar-refractivity contribution is 8.18. The maximum Gasteiger partial charge on any atom is 0.353 e. The summed E-state index contributed by atoms with van der Waals surface area (Å²) >= 11 is 14.2.